The van der Waals surface area contributed by atoms with Gasteiger partial charge >= 0.3 is 5.97 Å². The standard InChI is InChI=1S/C16H23NO3/c1-11(2)4-9-15(18)17-14-7-5-13(6-8-14)12(3)10-16(19)20/h5-8,11-12H,4,9-10H2,1-3H3,(H,17,18)(H,19,20). The van der Waals surface area contributed by atoms with Crippen molar-refractivity contribution < 1.29 is 14.7 Å². The fraction of sp³-hybridized carbons (Fsp3) is 0.500. The summed E-state index contributed by atoms with van der Waals surface area (Å²) in [5.41, 5.74) is 1.72. The van der Waals surface area contributed by atoms with Crippen LogP contribution in [0.4, 0.5) is 5.69 Å². The SMILES string of the molecule is CC(C)CCC(=O)Nc1ccc(C(C)CC(=O)O)cc1. The van der Waals surface area contributed by atoms with E-state index in [1.807, 2.05) is 31.2 Å². The molecule has 2 N–H and O–H groups in total. The molecule has 1 aromatic carbocycles. The van der Waals surface area contributed by atoms with Crippen molar-refractivity contribution in [2.45, 2.75) is 46.0 Å². The third-order valence-corrected chi connectivity index (χ3v) is 3.19. The predicted molar refractivity (Wildman–Crippen MR) is 79.8 cm³/mol. The van der Waals surface area contributed by atoms with Gasteiger partial charge in [0.25, 0.3) is 0 Å². The van der Waals surface area contributed by atoms with Crippen LogP contribution < -0.4 is 5.32 Å². The van der Waals surface area contributed by atoms with Crippen molar-refractivity contribution in [3.8, 4) is 0 Å². The van der Waals surface area contributed by atoms with Crippen molar-refractivity contribution in [3.63, 3.8) is 0 Å². The van der Waals surface area contributed by atoms with Gasteiger partial charge in [-0.15, -0.1) is 0 Å². The summed E-state index contributed by atoms with van der Waals surface area (Å²) >= 11 is 0. The van der Waals surface area contributed by atoms with Gasteiger partial charge in [-0.05, 0) is 36.0 Å². The molecule has 1 atom stereocenters. The van der Waals surface area contributed by atoms with E-state index in [1.54, 1.807) is 0 Å². The molecule has 0 aliphatic heterocycles. The van der Waals surface area contributed by atoms with Gasteiger partial charge in [0.05, 0.1) is 6.42 Å². The number of rotatable bonds is 7. The highest BCUT2D eigenvalue weighted by Gasteiger charge is 2.10. The Morgan fingerprint density at radius 1 is 1.15 bits per heavy atom. The van der Waals surface area contributed by atoms with Gasteiger partial charge in [0.1, 0.15) is 0 Å². The maximum Gasteiger partial charge on any atom is 0.303 e. The lowest BCUT2D eigenvalue weighted by Gasteiger charge is -2.11. The van der Waals surface area contributed by atoms with E-state index in [9.17, 15) is 9.59 Å². The largest absolute Gasteiger partial charge is 0.481 e. The van der Waals surface area contributed by atoms with Crippen molar-refractivity contribution in [3.05, 3.63) is 29.8 Å². The van der Waals surface area contributed by atoms with E-state index >= 15 is 0 Å². The molecule has 1 amide bonds. The Balaban J connectivity index is 2.54. The first-order chi connectivity index (χ1) is 9.38. The number of aliphatic carboxylic acids is 1. The maximum absolute atomic E-state index is 11.7. The Kier molecular flexibility index (Phi) is 6.22. The molecule has 0 saturated carbocycles. The predicted octanol–water partition coefficient (Wildman–Crippen LogP) is 3.64. The van der Waals surface area contributed by atoms with Crippen LogP contribution in [0.1, 0.15) is 51.5 Å². The molecule has 0 aromatic heterocycles. The fourth-order valence-electron chi connectivity index (χ4n) is 1.92. The Hall–Kier alpha value is -1.84. The topological polar surface area (TPSA) is 66.4 Å². The van der Waals surface area contributed by atoms with Crippen LogP contribution in [-0.4, -0.2) is 17.0 Å². The molecule has 0 spiro atoms. The number of carbonyl (C=O) groups excluding carboxylic acids is 1. The smallest absolute Gasteiger partial charge is 0.303 e. The summed E-state index contributed by atoms with van der Waals surface area (Å²) in [6, 6.07) is 7.37. The minimum Gasteiger partial charge on any atom is -0.481 e. The second-order valence-electron chi connectivity index (χ2n) is 5.60. The molecule has 1 aromatic rings. The van der Waals surface area contributed by atoms with Crippen LogP contribution in [0.5, 0.6) is 0 Å². The van der Waals surface area contributed by atoms with Crippen molar-refractivity contribution in [1.29, 1.82) is 0 Å². The molecule has 0 bridgehead atoms. The van der Waals surface area contributed by atoms with Gasteiger partial charge in [-0.3, -0.25) is 9.59 Å². The number of amides is 1. The molecular weight excluding hydrogens is 254 g/mol. The van der Waals surface area contributed by atoms with Gasteiger partial charge in [0.2, 0.25) is 5.91 Å². The zero-order valence-electron chi connectivity index (χ0n) is 12.3. The van der Waals surface area contributed by atoms with E-state index in [2.05, 4.69) is 19.2 Å². The van der Waals surface area contributed by atoms with Gasteiger partial charge in [-0.2, -0.15) is 0 Å². The van der Waals surface area contributed by atoms with E-state index in [4.69, 9.17) is 5.11 Å². The van der Waals surface area contributed by atoms with Crippen LogP contribution in [0.15, 0.2) is 24.3 Å². The Morgan fingerprint density at radius 3 is 2.25 bits per heavy atom. The average molecular weight is 277 g/mol. The minimum absolute atomic E-state index is 0.0186. The zero-order chi connectivity index (χ0) is 15.1. The third kappa shape index (κ3) is 5.87. The second kappa shape index (κ2) is 7.68. The minimum atomic E-state index is -0.802. The van der Waals surface area contributed by atoms with Gasteiger partial charge in [-0.1, -0.05) is 32.9 Å². The van der Waals surface area contributed by atoms with E-state index in [0.717, 1.165) is 17.7 Å². The summed E-state index contributed by atoms with van der Waals surface area (Å²) in [5.74, 6) is -0.299. The number of anilines is 1. The molecular formula is C16H23NO3. The lowest BCUT2D eigenvalue weighted by atomic mass is 9.98. The lowest BCUT2D eigenvalue weighted by molar-refractivity contribution is -0.137. The summed E-state index contributed by atoms with van der Waals surface area (Å²) in [6.45, 7) is 6.06. The fourth-order valence-corrected chi connectivity index (χ4v) is 1.92. The normalized spacial score (nSPS) is 12.2. The summed E-state index contributed by atoms with van der Waals surface area (Å²) in [5, 5.41) is 11.6. The molecule has 4 nitrogen and oxygen atoms in total. The van der Waals surface area contributed by atoms with Crippen LogP contribution in [0, 0.1) is 5.92 Å². The van der Waals surface area contributed by atoms with Crippen LogP contribution in [-0.2, 0) is 9.59 Å². The number of carbonyl (C=O) groups is 2. The summed E-state index contributed by atoms with van der Waals surface area (Å²) in [7, 11) is 0. The molecule has 0 radical (unpaired) electrons. The summed E-state index contributed by atoms with van der Waals surface area (Å²) in [6.07, 6.45) is 1.51. The first-order valence-corrected chi connectivity index (χ1v) is 7.00. The highest BCUT2D eigenvalue weighted by atomic mass is 16.4. The Labute approximate surface area is 120 Å². The first-order valence-electron chi connectivity index (χ1n) is 7.00. The highest BCUT2D eigenvalue weighted by Crippen LogP contribution is 2.21. The molecule has 4 heteroatoms. The molecule has 0 saturated heterocycles. The number of carboxylic acid groups (broad SMARTS) is 1. The number of carboxylic acids is 1. The maximum atomic E-state index is 11.7. The van der Waals surface area contributed by atoms with Gasteiger partial charge in [0.15, 0.2) is 0 Å². The monoisotopic (exact) mass is 277 g/mol. The van der Waals surface area contributed by atoms with Crippen molar-refractivity contribution in [2.75, 3.05) is 5.32 Å². The van der Waals surface area contributed by atoms with Crippen LogP contribution in [0.25, 0.3) is 0 Å². The summed E-state index contributed by atoms with van der Waals surface area (Å²) in [4.78, 5) is 22.4. The Morgan fingerprint density at radius 2 is 1.75 bits per heavy atom. The van der Waals surface area contributed by atoms with Crippen LogP contribution in [0.3, 0.4) is 0 Å². The molecule has 20 heavy (non-hydrogen) atoms. The zero-order valence-corrected chi connectivity index (χ0v) is 12.3. The number of nitrogens with one attached hydrogen (secondary N) is 1. The van der Waals surface area contributed by atoms with Crippen molar-refractivity contribution in [2.24, 2.45) is 5.92 Å². The van der Waals surface area contributed by atoms with Gasteiger partial charge < -0.3 is 10.4 Å². The van der Waals surface area contributed by atoms with E-state index < -0.39 is 5.97 Å². The van der Waals surface area contributed by atoms with Crippen LogP contribution >= 0.6 is 0 Å². The van der Waals surface area contributed by atoms with Crippen molar-refractivity contribution in [1.82, 2.24) is 0 Å². The average Bonchev–Trinajstić information content (AvgIpc) is 2.36. The number of hydrogen-bond acceptors (Lipinski definition) is 2. The van der Waals surface area contributed by atoms with E-state index in [-0.39, 0.29) is 18.2 Å². The molecule has 110 valence electrons. The highest BCUT2D eigenvalue weighted by molar-refractivity contribution is 5.90. The quantitative estimate of drug-likeness (QED) is 0.799. The molecule has 1 rings (SSSR count). The lowest BCUT2D eigenvalue weighted by Crippen LogP contribution is -2.12. The van der Waals surface area contributed by atoms with Gasteiger partial charge in [0, 0.05) is 12.1 Å². The molecule has 0 fully saturated rings. The Bertz CT molecular complexity index is 451. The first kappa shape index (κ1) is 16.2. The number of benzene rings is 1. The van der Waals surface area contributed by atoms with E-state index in [1.165, 1.54) is 0 Å². The van der Waals surface area contributed by atoms with Crippen LogP contribution in [0.2, 0.25) is 0 Å². The summed E-state index contributed by atoms with van der Waals surface area (Å²) < 4.78 is 0. The third-order valence-electron chi connectivity index (χ3n) is 3.19. The number of hydrogen-bond donors (Lipinski definition) is 2. The molecule has 0 aliphatic rings. The van der Waals surface area contributed by atoms with Gasteiger partial charge in [-0.25, -0.2) is 0 Å². The second-order valence-corrected chi connectivity index (χ2v) is 5.60. The molecule has 0 heterocycles. The van der Waals surface area contributed by atoms with Crippen molar-refractivity contribution >= 4 is 17.6 Å². The molecule has 1 unspecified atom stereocenters. The van der Waals surface area contributed by atoms with E-state index in [0.29, 0.717) is 12.3 Å². The molecule has 0 aliphatic carbocycles.